The van der Waals surface area contributed by atoms with Crippen LogP contribution in [0.4, 0.5) is 0 Å². The first kappa shape index (κ1) is 27.4. The van der Waals surface area contributed by atoms with Crippen LogP contribution in [-0.4, -0.2) is 49.5 Å². The minimum Gasteiger partial charge on any atom is -0.469 e. The van der Waals surface area contributed by atoms with Crippen molar-refractivity contribution in [2.75, 3.05) is 20.2 Å². The first-order chi connectivity index (χ1) is 16.6. The number of ether oxygens (including phenoxy) is 1. The van der Waals surface area contributed by atoms with E-state index in [9.17, 15) is 9.90 Å². The van der Waals surface area contributed by atoms with E-state index in [-0.39, 0.29) is 12.1 Å². The average Bonchev–Trinajstić information content (AvgIpc) is 3.17. The van der Waals surface area contributed by atoms with Gasteiger partial charge in [-0.25, -0.2) is 0 Å². The number of nitrogens with one attached hydrogen (secondary N) is 2. The topological polar surface area (TPSA) is 70.6 Å². The smallest absolute Gasteiger partial charge is 0.305 e. The summed E-state index contributed by atoms with van der Waals surface area (Å²) in [5.41, 5.74) is 0.692. The molecule has 4 rings (SSSR count). The lowest BCUT2D eigenvalue weighted by Gasteiger charge is -2.62. The Balaban J connectivity index is 1.40. The zero-order valence-electron chi connectivity index (χ0n) is 23.4. The highest BCUT2D eigenvalue weighted by molar-refractivity contribution is 5.69. The summed E-state index contributed by atoms with van der Waals surface area (Å²) >= 11 is 0. The predicted octanol–water partition coefficient (Wildman–Crippen LogP) is 5.16. The summed E-state index contributed by atoms with van der Waals surface area (Å²) in [6.07, 6.45) is 11.2. The second kappa shape index (κ2) is 11.0. The number of esters is 1. The zero-order valence-corrected chi connectivity index (χ0v) is 23.4. The van der Waals surface area contributed by atoms with Crippen LogP contribution in [0.2, 0.25) is 0 Å². The third-order valence-corrected chi connectivity index (χ3v) is 11.6. The van der Waals surface area contributed by atoms with Crippen LogP contribution < -0.4 is 10.6 Å². The Bertz CT molecular complexity index is 728. The monoisotopic (exact) mass is 490 g/mol. The minimum absolute atomic E-state index is 0.0804. The van der Waals surface area contributed by atoms with Crippen LogP contribution in [0.1, 0.15) is 98.8 Å². The Labute approximate surface area is 214 Å². The number of methoxy groups -OCH3 is 1. The number of hydrogen-bond donors (Lipinski definition) is 3. The van der Waals surface area contributed by atoms with E-state index in [1.807, 2.05) is 0 Å². The summed E-state index contributed by atoms with van der Waals surface area (Å²) < 4.78 is 4.91. The summed E-state index contributed by atoms with van der Waals surface area (Å²) in [7, 11) is 1.49. The molecular weight excluding hydrogens is 436 g/mol. The maximum Gasteiger partial charge on any atom is 0.305 e. The summed E-state index contributed by atoms with van der Waals surface area (Å²) in [5, 5.41) is 19.0. The van der Waals surface area contributed by atoms with E-state index in [0.717, 1.165) is 25.9 Å². The number of carbonyl (C=O) groups excluding carboxylic acids is 1. The molecule has 4 aliphatic rings. The normalized spacial score (nSPS) is 43.8. The summed E-state index contributed by atoms with van der Waals surface area (Å²) in [5.74, 6) is 3.53. The molecule has 4 fully saturated rings. The van der Waals surface area contributed by atoms with Gasteiger partial charge in [-0.3, -0.25) is 4.79 Å². The minimum atomic E-state index is -0.145. The molecule has 0 aromatic carbocycles. The molecule has 4 saturated carbocycles. The van der Waals surface area contributed by atoms with Crippen molar-refractivity contribution in [1.29, 1.82) is 0 Å². The molecule has 4 aliphatic carbocycles. The largest absolute Gasteiger partial charge is 0.469 e. The standard InChI is InChI=1S/C30H54N2O3/c1-19(2)31-15-16-32-22-11-13-29(4)21(17-22)18-26(33)28-24-9-8-23(20(3)7-10-27(34)35-6)30(24,5)14-12-25(28)29/h19-26,28,31-33H,7-18H2,1-6H3/t20-,21-,22+,23?,24?,25?,26-,28?,29+,30-/m1/s1. The van der Waals surface area contributed by atoms with Crippen LogP contribution in [0, 0.1) is 46.3 Å². The Morgan fingerprint density at radius 3 is 2.43 bits per heavy atom. The lowest BCUT2D eigenvalue weighted by Crippen LogP contribution is -2.59. The fourth-order valence-corrected chi connectivity index (χ4v) is 9.67. The van der Waals surface area contributed by atoms with Crippen molar-refractivity contribution in [1.82, 2.24) is 10.6 Å². The highest BCUT2D eigenvalue weighted by atomic mass is 16.5. The van der Waals surface area contributed by atoms with Crippen LogP contribution in [0.3, 0.4) is 0 Å². The third-order valence-electron chi connectivity index (χ3n) is 11.6. The molecule has 0 aromatic heterocycles. The van der Waals surface area contributed by atoms with E-state index in [4.69, 9.17) is 4.74 Å². The van der Waals surface area contributed by atoms with Gasteiger partial charge in [0.2, 0.25) is 0 Å². The first-order valence-corrected chi connectivity index (χ1v) is 14.8. The number of fused-ring (bicyclic) bond motifs is 5. The van der Waals surface area contributed by atoms with Gasteiger partial charge in [-0.15, -0.1) is 0 Å². The molecule has 0 amide bonds. The zero-order chi connectivity index (χ0) is 25.4. The van der Waals surface area contributed by atoms with Crippen LogP contribution in [0.25, 0.3) is 0 Å². The predicted molar refractivity (Wildman–Crippen MR) is 142 cm³/mol. The molecule has 0 aromatic rings. The van der Waals surface area contributed by atoms with Gasteiger partial charge in [-0.05, 0) is 104 Å². The molecule has 4 unspecified atom stereocenters. The van der Waals surface area contributed by atoms with Gasteiger partial charge >= 0.3 is 5.97 Å². The molecule has 0 spiro atoms. The lowest BCUT2D eigenvalue weighted by atomic mass is 9.43. The highest BCUT2D eigenvalue weighted by Crippen LogP contribution is 2.68. The van der Waals surface area contributed by atoms with Crippen molar-refractivity contribution >= 4 is 5.97 Å². The molecule has 0 heterocycles. The number of aliphatic hydroxyl groups excluding tert-OH is 1. The Morgan fingerprint density at radius 1 is 1.00 bits per heavy atom. The summed E-state index contributed by atoms with van der Waals surface area (Å²) in [4.78, 5) is 11.8. The Morgan fingerprint density at radius 2 is 1.71 bits per heavy atom. The summed E-state index contributed by atoms with van der Waals surface area (Å²) in [6, 6.07) is 1.14. The fraction of sp³-hybridized carbons (Fsp3) is 0.967. The number of aliphatic hydroxyl groups is 1. The van der Waals surface area contributed by atoms with Gasteiger partial charge in [0.05, 0.1) is 13.2 Å². The van der Waals surface area contributed by atoms with Crippen LogP contribution in [0.5, 0.6) is 0 Å². The van der Waals surface area contributed by atoms with Gasteiger partial charge in [0.15, 0.2) is 0 Å². The molecule has 35 heavy (non-hydrogen) atoms. The fourth-order valence-electron chi connectivity index (χ4n) is 9.67. The van der Waals surface area contributed by atoms with E-state index >= 15 is 0 Å². The van der Waals surface area contributed by atoms with Gasteiger partial charge in [0, 0.05) is 31.6 Å². The van der Waals surface area contributed by atoms with Crippen molar-refractivity contribution in [2.24, 2.45) is 46.3 Å². The number of carbonyl (C=O) groups is 1. The van der Waals surface area contributed by atoms with Gasteiger partial charge in [-0.2, -0.15) is 0 Å². The second-order valence-corrected chi connectivity index (χ2v) is 13.7. The molecule has 5 nitrogen and oxygen atoms in total. The number of rotatable bonds is 9. The van der Waals surface area contributed by atoms with Crippen LogP contribution in [-0.2, 0) is 9.53 Å². The molecule has 0 aliphatic heterocycles. The quantitative estimate of drug-likeness (QED) is 0.308. The van der Waals surface area contributed by atoms with Gasteiger partial charge in [0.1, 0.15) is 0 Å². The molecule has 5 heteroatoms. The SMILES string of the molecule is COC(=O)CC[C@@H](C)C1CCC2C3C(CC[C@@]21C)[C@@]1(C)CC[C@H](NCCNC(C)C)C[C@@H]1C[C@H]3O. The lowest BCUT2D eigenvalue weighted by molar-refractivity contribution is -0.167. The van der Waals surface area contributed by atoms with Gasteiger partial charge < -0.3 is 20.5 Å². The van der Waals surface area contributed by atoms with Crippen molar-refractivity contribution in [3.05, 3.63) is 0 Å². The molecule has 0 radical (unpaired) electrons. The van der Waals surface area contributed by atoms with E-state index in [0.29, 0.717) is 64.8 Å². The summed E-state index contributed by atoms with van der Waals surface area (Å²) in [6.45, 7) is 14.0. The average molecular weight is 491 g/mol. The van der Waals surface area contributed by atoms with E-state index < -0.39 is 0 Å². The van der Waals surface area contributed by atoms with E-state index in [1.165, 1.54) is 52.1 Å². The third kappa shape index (κ3) is 5.34. The van der Waals surface area contributed by atoms with Gasteiger partial charge in [-0.1, -0.05) is 34.6 Å². The maximum atomic E-state index is 11.8. The Hall–Kier alpha value is -0.650. The molecule has 10 atom stereocenters. The number of hydrogen-bond acceptors (Lipinski definition) is 5. The van der Waals surface area contributed by atoms with Crippen molar-refractivity contribution < 1.29 is 14.6 Å². The Kier molecular flexibility index (Phi) is 8.60. The van der Waals surface area contributed by atoms with Crippen LogP contribution >= 0.6 is 0 Å². The van der Waals surface area contributed by atoms with Crippen LogP contribution in [0.15, 0.2) is 0 Å². The molecule has 0 bridgehead atoms. The van der Waals surface area contributed by atoms with Crippen molar-refractivity contribution in [3.63, 3.8) is 0 Å². The first-order valence-electron chi connectivity index (χ1n) is 14.8. The van der Waals surface area contributed by atoms with Gasteiger partial charge in [0.25, 0.3) is 0 Å². The molecule has 202 valence electrons. The van der Waals surface area contributed by atoms with E-state index in [1.54, 1.807) is 0 Å². The highest BCUT2D eigenvalue weighted by Gasteiger charge is 2.62. The molecular formula is C30H54N2O3. The second-order valence-electron chi connectivity index (χ2n) is 13.7. The molecule has 3 N–H and O–H groups in total. The van der Waals surface area contributed by atoms with Crippen molar-refractivity contribution in [3.8, 4) is 0 Å². The molecule has 0 saturated heterocycles. The van der Waals surface area contributed by atoms with E-state index in [2.05, 4.69) is 45.3 Å². The maximum absolute atomic E-state index is 11.8. The van der Waals surface area contributed by atoms with Crippen molar-refractivity contribution in [2.45, 2.75) is 117 Å².